The van der Waals surface area contributed by atoms with E-state index in [2.05, 4.69) is 10.4 Å². The van der Waals surface area contributed by atoms with Crippen molar-refractivity contribution in [3.63, 3.8) is 0 Å². The van der Waals surface area contributed by atoms with E-state index in [1.54, 1.807) is 19.1 Å². The van der Waals surface area contributed by atoms with Gasteiger partial charge in [0.1, 0.15) is 0 Å². The summed E-state index contributed by atoms with van der Waals surface area (Å²) in [5.74, 6) is -0.0249. The van der Waals surface area contributed by atoms with Gasteiger partial charge < -0.3 is 14.8 Å². The summed E-state index contributed by atoms with van der Waals surface area (Å²) in [6.07, 6.45) is 1.88. The Balaban J connectivity index is 1.76. The van der Waals surface area contributed by atoms with E-state index in [-0.39, 0.29) is 35.0 Å². The monoisotopic (exact) mass is 450 g/mol. The molecule has 2 heterocycles. The largest absolute Gasteiger partial charge is 0.431 e. The maximum absolute atomic E-state index is 13.0. The van der Waals surface area contributed by atoms with E-state index in [4.69, 9.17) is 9.47 Å². The van der Waals surface area contributed by atoms with Gasteiger partial charge in [-0.2, -0.15) is 9.78 Å². The number of para-hydroxylation sites is 2. The molecule has 2 aromatic carbocycles. The summed E-state index contributed by atoms with van der Waals surface area (Å²) in [7, 11) is 0. The minimum atomic E-state index is -0.501. The number of aromatic nitrogens is 2. The fourth-order valence-electron chi connectivity index (χ4n) is 3.84. The lowest BCUT2D eigenvalue weighted by atomic mass is 10.1. The molecule has 1 N–H and O–H groups in total. The van der Waals surface area contributed by atoms with Crippen molar-refractivity contribution in [3.05, 3.63) is 75.0 Å². The molecule has 0 bridgehead atoms. The van der Waals surface area contributed by atoms with E-state index in [1.807, 2.05) is 32.0 Å². The van der Waals surface area contributed by atoms with Crippen LogP contribution in [0.2, 0.25) is 0 Å². The van der Waals surface area contributed by atoms with Crippen molar-refractivity contribution in [1.29, 1.82) is 0 Å². The lowest BCUT2D eigenvalue weighted by Gasteiger charge is -2.13. The molecule has 1 atom stereocenters. The number of benzene rings is 2. The Hall–Kier alpha value is -3.72. The van der Waals surface area contributed by atoms with E-state index in [1.165, 1.54) is 16.8 Å². The highest BCUT2D eigenvalue weighted by molar-refractivity contribution is 5.94. The van der Waals surface area contributed by atoms with Gasteiger partial charge in [0.05, 0.1) is 16.7 Å². The third-order valence-corrected chi connectivity index (χ3v) is 5.87. The Morgan fingerprint density at radius 2 is 2.00 bits per heavy atom. The topological polar surface area (TPSA) is 109 Å². The van der Waals surface area contributed by atoms with Crippen molar-refractivity contribution in [3.8, 4) is 17.3 Å². The van der Waals surface area contributed by atoms with Gasteiger partial charge in [-0.3, -0.25) is 14.9 Å². The molecule has 1 aromatic heterocycles. The number of rotatable bonds is 7. The molecule has 33 heavy (non-hydrogen) atoms. The molecule has 3 aromatic rings. The van der Waals surface area contributed by atoms with Gasteiger partial charge in [0.2, 0.25) is 11.6 Å². The van der Waals surface area contributed by atoms with Gasteiger partial charge in [0.25, 0.3) is 5.91 Å². The van der Waals surface area contributed by atoms with Gasteiger partial charge in [-0.1, -0.05) is 24.3 Å². The van der Waals surface area contributed by atoms with Crippen molar-refractivity contribution in [1.82, 2.24) is 15.1 Å². The van der Waals surface area contributed by atoms with Gasteiger partial charge in [-0.05, 0) is 56.9 Å². The van der Waals surface area contributed by atoms with Gasteiger partial charge in [-0.15, -0.1) is 0 Å². The van der Waals surface area contributed by atoms with Crippen LogP contribution in [0.3, 0.4) is 0 Å². The first-order valence-electron chi connectivity index (χ1n) is 10.8. The lowest BCUT2D eigenvalue weighted by Crippen LogP contribution is -2.32. The molecule has 0 spiro atoms. The molecule has 172 valence electrons. The van der Waals surface area contributed by atoms with E-state index in [0.717, 1.165) is 29.7 Å². The molecule has 4 rings (SSSR count). The predicted molar refractivity (Wildman–Crippen MR) is 122 cm³/mol. The third-order valence-electron chi connectivity index (χ3n) is 5.87. The molecular formula is C24H26N4O5. The zero-order valence-electron chi connectivity index (χ0n) is 18.8. The predicted octanol–water partition coefficient (Wildman–Crippen LogP) is 4.41. The molecule has 1 unspecified atom stereocenters. The van der Waals surface area contributed by atoms with Crippen LogP contribution in [0, 0.1) is 30.9 Å². The first kappa shape index (κ1) is 22.5. The molecule has 0 radical (unpaired) electrons. The molecule has 1 aliphatic heterocycles. The van der Waals surface area contributed by atoms with Crippen LogP contribution in [0.15, 0.2) is 42.5 Å². The van der Waals surface area contributed by atoms with E-state index in [9.17, 15) is 14.9 Å². The van der Waals surface area contributed by atoms with Crippen molar-refractivity contribution in [2.24, 2.45) is 0 Å². The summed E-state index contributed by atoms with van der Waals surface area (Å²) in [5, 5.41) is 19.0. The van der Waals surface area contributed by atoms with Crippen LogP contribution in [0.4, 0.5) is 5.69 Å². The van der Waals surface area contributed by atoms with Crippen LogP contribution in [-0.4, -0.2) is 39.9 Å². The first-order chi connectivity index (χ1) is 15.9. The molecule has 0 aliphatic carbocycles. The second kappa shape index (κ2) is 9.41. The molecule has 0 saturated carbocycles. The number of ether oxygens (including phenoxy) is 2. The average molecular weight is 450 g/mol. The number of carbonyl (C=O) groups excluding carboxylic acids is 1. The fourth-order valence-corrected chi connectivity index (χ4v) is 3.84. The van der Waals surface area contributed by atoms with E-state index < -0.39 is 4.92 Å². The quantitative estimate of drug-likeness (QED) is 0.422. The summed E-state index contributed by atoms with van der Waals surface area (Å²) in [5.41, 5.74) is 3.24. The molecular weight excluding hydrogens is 424 g/mol. The zero-order chi connectivity index (χ0) is 23.5. The molecule has 9 heteroatoms. The number of nitrogens with one attached hydrogen (secondary N) is 1. The van der Waals surface area contributed by atoms with Crippen LogP contribution >= 0.6 is 0 Å². The SMILES string of the molecule is Cc1cccc(-n2nc(C(=O)NCC3CCCO3)c(C)c2Oc2ccccc2[N+](=O)[O-])c1C. The van der Waals surface area contributed by atoms with Crippen molar-refractivity contribution in [2.45, 2.75) is 39.7 Å². The highest BCUT2D eigenvalue weighted by atomic mass is 16.6. The second-order valence-corrected chi connectivity index (χ2v) is 8.08. The minimum absolute atomic E-state index is 0.00181. The molecule has 1 aliphatic rings. The third kappa shape index (κ3) is 4.58. The highest BCUT2D eigenvalue weighted by Gasteiger charge is 2.26. The number of nitro groups is 1. The van der Waals surface area contributed by atoms with Crippen molar-refractivity contribution in [2.75, 3.05) is 13.2 Å². The molecule has 1 saturated heterocycles. The van der Waals surface area contributed by atoms with Crippen LogP contribution in [0.5, 0.6) is 11.6 Å². The Morgan fingerprint density at radius 1 is 1.21 bits per heavy atom. The van der Waals surface area contributed by atoms with E-state index >= 15 is 0 Å². The van der Waals surface area contributed by atoms with E-state index in [0.29, 0.717) is 18.7 Å². The summed E-state index contributed by atoms with van der Waals surface area (Å²) in [6, 6.07) is 11.9. The Kier molecular flexibility index (Phi) is 6.41. The van der Waals surface area contributed by atoms with Gasteiger partial charge in [0.15, 0.2) is 5.69 Å². The average Bonchev–Trinajstić information content (AvgIpc) is 3.43. The molecule has 9 nitrogen and oxygen atoms in total. The maximum Gasteiger partial charge on any atom is 0.311 e. The van der Waals surface area contributed by atoms with Crippen molar-refractivity contribution >= 4 is 11.6 Å². The van der Waals surface area contributed by atoms with Crippen LogP contribution < -0.4 is 10.1 Å². The normalized spacial score (nSPS) is 15.4. The first-order valence-corrected chi connectivity index (χ1v) is 10.8. The van der Waals surface area contributed by atoms with Crippen LogP contribution in [0.25, 0.3) is 5.69 Å². The Morgan fingerprint density at radius 3 is 2.73 bits per heavy atom. The number of carbonyl (C=O) groups is 1. The zero-order valence-corrected chi connectivity index (χ0v) is 18.8. The lowest BCUT2D eigenvalue weighted by molar-refractivity contribution is -0.385. The number of aryl methyl sites for hydroxylation is 1. The fraction of sp³-hybridized carbons (Fsp3) is 0.333. The van der Waals surface area contributed by atoms with Gasteiger partial charge >= 0.3 is 5.69 Å². The Labute approximate surface area is 191 Å². The summed E-state index contributed by atoms with van der Waals surface area (Å²) < 4.78 is 13.2. The summed E-state index contributed by atoms with van der Waals surface area (Å²) >= 11 is 0. The van der Waals surface area contributed by atoms with Gasteiger partial charge in [-0.25, -0.2) is 0 Å². The number of amides is 1. The minimum Gasteiger partial charge on any atom is -0.431 e. The molecule has 1 amide bonds. The highest BCUT2D eigenvalue weighted by Crippen LogP contribution is 2.35. The number of hydrogen-bond acceptors (Lipinski definition) is 6. The smallest absolute Gasteiger partial charge is 0.311 e. The van der Waals surface area contributed by atoms with Crippen molar-refractivity contribution < 1.29 is 19.2 Å². The number of nitro benzene ring substituents is 1. The standard InChI is InChI=1S/C24H26N4O5/c1-15-8-6-11-19(16(15)2)27-24(33-21-12-5-4-10-20(21)28(30)31)17(3)22(26-27)23(29)25-14-18-9-7-13-32-18/h4-6,8,10-12,18H,7,9,13-14H2,1-3H3,(H,25,29). The summed E-state index contributed by atoms with van der Waals surface area (Å²) in [4.78, 5) is 24.0. The summed E-state index contributed by atoms with van der Waals surface area (Å²) in [6.45, 7) is 6.75. The van der Waals surface area contributed by atoms with Crippen LogP contribution in [0.1, 0.15) is 40.0 Å². The number of nitrogens with zero attached hydrogens (tertiary/aromatic N) is 3. The Bertz CT molecular complexity index is 1200. The van der Waals surface area contributed by atoms with Gasteiger partial charge in [0, 0.05) is 24.8 Å². The molecule has 1 fully saturated rings. The maximum atomic E-state index is 13.0. The van der Waals surface area contributed by atoms with Crippen LogP contribution in [-0.2, 0) is 4.74 Å². The second-order valence-electron chi connectivity index (χ2n) is 8.08. The number of hydrogen-bond donors (Lipinski definition) is 1.